The summed E-state index contributed by atoms with van der Waals surface area (Å²) in [6.07, 6.45) is 3.11. The Hall–Kier alpha value is -4.37. The van der Waals surface area contributed by atoms with Gasteiger partial charge < -0.3 is 9.47 Å². The first kappa shape index (κ1) is 23.8. The zero-order chi connectivity index (χ0) is 25.0. The number of rotatable bonds is 5. The summed E-state index contributed by atoms with van der Waals surface area (Å²) >= 11 is 0. The van der Waals surface area contributed by atoms with E-state index in [0.29, 0.717) is 23.4 Å². The minimum Gasteiger partial charge on any atom is -0.497 e. The summed E-state index contributed by atoms with van der Waals surface area (Å²) in [6, 6.07) is 23.2. The molecule has 2 aromatic heterocycles. The number of benzene rings is 2. The molecule has 0 N–H and O–H groups in total. The second kappa shape index (κ2) is 9.86. The molecule has 0 bridgehead atoms. The molecule has 0 saturated heterocycles. The molecule has 0 saturated carbocycles. The first-order chi connectivity index (χ1) is 16.8. The van der Waals surface area contributed by atoms with E-state index in [4.69, 9.17) is 19.7 Å². The van der Waals surface area contributed by atoms with Crippen LogP contribution < -0.4 is 4.74 Å². The molecule has 2 heterocycles. The van der Waals surface area contributed by atoms with Crippen LogP contribution in [0.1, 0.15) is 37.7 Å². The number of pyridine rings is 1. The van der Waals surface area contributed by atoms with E-state index >= 15 is 0 Å². The number of methoxy groups -OCH3 is 1. The van der Waals surface area contributed by atoms with Crippen molar-refractivity contribution in [1.29, 1.82) is 5.26 Å². The highest BCUT2D eigenvalue weighted by atomic mass is 16.6. The third kappa shape index (κ3) is 5.25. The highest BCUT2D eigenvalue weighted by Gasteiger charge is 2.27. The SMILES string of the molecule is COc1ccc2c(Cc3cccc(/C=C/C#N)n3)c(-c3ccccc3)n(C(=O)OC(C)(C)C)c2c1. The number of aromatic nitrogens is 2. The zero-order valence-electron chi connectivity index (χ0n) is 20.3. The van der Waals surface area contributed by atoms with Crippen molar-refractivity contribution in [2.45, 2.75) is 32.8 Å². The molecule has 0 atom stereocenters. The molecule has 0 aliphatic rings. The lowest BCUT2D eigenvalue weighted by molar-refractivity contribution is 0.0547. The summed E-state index contributed by atoms with van der Waals surface area (Å²) in [5.74, 6) is 0.646. The molecule has 0 aliphatic heterocycles. The van der Waals surface area contributed by atoms with Crippen LogP contribution in [0, 0.1) is 11.3 Å². The standard InChI is InChI=1S/C29H27N3O3/c1-29(2,3)35-28(33)32-26-19-23(34-4)15-16-24(26)25(27(32)20-10-6-5-7-11-20)18-22-13-8-12-21(31-22)14-9-17-30/h5-16,19H,18H2,1-4H3/b14-9+. The predicted molar refractivity (Wildman–Crippen MR) is 137 cm³/mol. The van der Waals surface area contributed by atoms with Gasteiger partial charge >= 0.3 is 6.09 Å². The summed E-state index contributed by atoms with van der Waals surface area (Å²) in [5.41, 5.74) is 4.15. The molecule has 0 amide bonds. The van der Waals surface area contributed by atoms with Gasteiger partial charge in [-0.1, -0.05) is 36.4 Å². The summed E-state index contributed by atoms with van der Waals surface area (Å²) < 4.78 is 12.9. The zero-order valence-corrected chi connectivity index (χ0v) is 20.3. The van der Waals surface area contributed by atoms with E-state index in [2.05, 4.69) is 0 Å². The fourth-order valence-electron chi connectivity index (χ4n) is 4.03. The Labute approximate surface area is 205 Å². The summed E-state index contributed by atoms with van der Waals surface area (Å²) in [4.78, 5) is 18.3. The molecule has 6 heteroatoms. The third-order valence-electron chi connectivity index (χ3n) is 5.42. The van der Waals surface area contributed by atoms with Crippen molar-refractivity contribution in [3.05, 3.63) is 89.8 Å². The van der Waals surface area contributed by atoms with Crippen LogP contribution in [0.4, 0.5) is 4.79 Å². The van der Waals surface area contributed by atoms with Gasteiger partial charge in [-0.05, 0) is 62.2 Å². The van der Waals surface area contributed by atoms with Gasteiger partial charge in [0.1, 0.15) is 11.4 Å². The highest BCUT2D eigenvalue weighted by Crippen LogP contribution is 2.37. The Kier molecular flexibility index (Phi) is 6.70. The van der Waals surface area contributed by atoms with Gasteiger partial charge in [0.15, 0.2) is 0 Å². The molecule has 0 aliphatic carbocycles. The molecule has 4 aromatic rings. The summed E-state index contributed by atoms with van der Waals surface area (Å²) in [6.45, 7) is 5.55. The first-order valence-corrected chi connectivity index (χ1v) is 11.3. The fraction of sp³-hybridized carbons (Fsp3) is 0.207. The van der Waals surface area contributed by atoms with E-state index in [1.54, 1.807) is 17.8 Å². The summed E-state index contributed by atoms with van der Waals surface area (Å²) in [5, 5.41) is 9.78. The van der Waals surface area contributed by atoms with Crippen molar-refractivity contribution in [3.63, 3.8) is 0 Å². The number of nitrogens with zero attached hydrogens (tertiary/aromatic N) is 3. The van der Waals surface area contributed by atoms with Gasteiger partial charge in [-0.3, -0.25) is 4.98 Å². The van der Waals surface area contributed by atoms with E-state index in [1.165, 1.54) is 6.08 Å². The van der Waals surface area contributed by atoms with E-state index in [9.17, 15) is 4.79 Å². The number of fused-ring (bicyclic) bond motifs is 1. The van der Waals surface area contributed by atoms with E-state index in [-0.39, 0.29) is 0 Å². The van der Waals surface area contributed by atoms with Crippen LogP contribution in [-0.2, 0) is 11.2 Å². The van der Waals surface area contributed by atoms with Gasteiger partial charge in [0.2, 0.25) is 0 Å². The molecule has 4 rings (SSSR count). The molecule has 6 nitrogen and oxygen atoms in total. The number of carbonyl (C=O) groups is 1. The van der Waals surface area contributed by atoms with E-state index in [1.807, 2.05) is 93.6 Å². The minimum atomic E-state index is -0.663. The second-order valence-corrected chi connectivity index (χ2v) is 9.09. The summed E-state index contributed by atoms with van der Waals surface area (Å²) in [7, 11) is 1.60. The maximum atomic E-state index is 13.6. The van der Waals surface area contributed by atoms with Crippen LogP contribution in [0.15, 0.2) is 72.8 Å². The van der Waals surface area contributed by atoms with Gasteiger partial charge in [-0.25, -0.2) is 9.36 Å². The minimum absolute atomic E-state index is 0.459. The Balaban J connectivity index is 1.98. The fourth-order valence-corrected chi connectivity index (χ4v) is 4.03. The molecule has 0 radical (unpaired) electrons. The number of hydrogen-bond donors (Lipinski definition) is 0. The maximum Gasteiger partial charge on any atom is 0.419 e. The first-order valence-electron chi connectivity index (χ1n) is 11.3. The Bertz CT molecular complexity index is 1440. The molecular weight excluding hydrogens is 438 g/mol. The van der Waals surface area contributed by atoms with Gasteiger partial charge in [-0.2, -0.15) is 5.26 Å². The Morgan fingerprint density at radius 2 is 1.86 bits per heavy atom. The normalized spacial score (nSPS) is 11.5. The molecule has 2 aromatic carbocycles. The lowest BCUT2D eigenvalue weighted by Gasteiger charge is -2.21. The van der Waals surface area contributed by atoms with Crippen molar-refractivity contribution in [3.8, 4) is 23.1 Å². The van der Waals surface area contributed by atoms with Crippen LogP contribution in [0.25, 0.3) is 28.2 Å². The average Bonchev–Trinajstić information content (AvgIpc) is 3.15. The average molecular weight is 466 g/mol. The lowest BCUT2D eigenvalue weighted by atomic mass is 10.0. The smallest absolute Gasteiger partial charge is 0.419 e. The van der Waals surface area contributed by atoms with Crippen LogP contribution in [0.2, 0.25) is 0 Å². The number of ether oxygens (including phenoxy) is 2. The van der Waals surface area contributed by atoms with Crippen molar-refractivity contribution in [2.75, 3.05) is 7.11 Å². The van der Waals surface area contributed by atoms with Crippen molar-refractivity contribution in [2.24, 2.45) is 0 Å². The van der Waals surface area contributed by atoms with Crippen molar-refractivity contribution in [1.82, 2.24) is 9.55 Å². The van der Waals surface area contributed by atoms with Crippen LogP contribution in [-0.4, -0.2) is 28.4 Å². The lowest BCUT2D eigenvalue weighted by Crippen LogP contribution is -2.27. The maximum absolute atomic E-state index is 13.6. The van der Waals surface area contributed by atoms with Crippen molar-refractivity contribution < 1.29 is 14.3 Å². The number of carbonyl (C=O) groups excluding carboxylic acids is 1. The quantitative estimate of drug-likeness (QED) is 0.309. The monoisotopic (exact) mass is 465 g/mol. The van der Waals surface area contributed by atoms with Gasteiger partial charge in [0.05, 0.1) is 30.1 Å². The Morgan fingerprint density at radius 3 is 2.54 bits per heavy atom. The van der Waals surface area contributed by atoms with E-state index < -0.39 is 11.7 Å². The van der Waals surface area contributed by atoms with Crippen LogP contribution in [0.5, 0.6) is 5.75 Å². The van der Waals surface area contributed by atoms with Gasteiger partial charge in [0, 0.05) is 29.6 Å². The third-order valence-corrected chi connectivity index (χ3v) is 5.42. The molecule has 35 heavy (non-hydrogen) atoms. The van der Waals surface area contributed by atoms with E-state index in [0.717, 1.165) is 27.9 Å². The second-order valence-electron chi connectivity index (χ2n) is 9.09. The van der Waals surface area contributed by atoms with Crippen molar-refractivity contribution >= 4 is 23.1 Å². The number of allylic oxidation sites excluding steroid dienone is 1. The molecule has 0 spiro atoms. The van der Waals surface area contributed by atoms with Crippen LogP contribution in [0.3, 0.4) is 0 Å². The van der Waals surface area contributed by atoms with Gasteiger partial charge in [-0.15, -0.1) is 0 Å². The number of nitriles is 1. The largest absolute Gasteiger partial charge is 0.497 e. The topological polar surface area (TPSA) is 77.1 Å². The molecule has 0 fully saturated rings. The van der Waals surface area contributed by atoms with Crippen LogP contribution >= 0.6 is 0 Å². The molecular formula is C29H27N3O3. The molecule has 176 valence electrons. The number of hydrogen-bond acceptors (Lipinski definition) is 5. The predicted octanol–water partition coefficient (Wildman–Crippen LogP) is 6.62. The Morgan fingerprint density at radius 1 is 1.09 bits per heavy atom. The highest BCUT2D eigenvalue weighted by molar-refractivity contribution is 6.00. The van der Waals surface area contributed by atoms with Gasteiger partial charge in [0.25, 0.3) is 0 Å². The molecule has 0 unspecified atom stereocenters.